The van der Waals surface area contributed by atoms with Gasteiger partial charge in [0.15, 0.2) is 0 Å². The van der Waals surface area contributed by atoms with Crippen molar-refractivity contribution in [3.63, 3.8) is 0 Å². The first kappa shape index (κ1) is 16.0. The van der Waals surface area contributed by atoms with Gasteiger partial charge in [-0.05, 0) is 58.7 Å². The summed E-state index contributed by atoms with van der Waals surface area (Å²) in [4.78, 5) is 2.71. The highest BCUT2D eigenvalue weighted by atomic mass is 15.2. The van der Waals surface area contributed by atoms with E-state index in [-0.39, 0.29) is 0 Å². The van der Waals surface area contributed by atoms with Gasteiger partial charge in [0.2, 0.25) is 0 Å². The maximum absolute atomic E-state index is 3.85. The highest BCUT2D eigenvalue weighted by Gasteiger charge is 2.39. The monoisotopic (exact) mass is 254 g/mol. The van der Waals surface area contributed by atoms with Crippen molar-refractivity contribution in [3.05, 3.63) is 0 Å². The molecule has 1 saturated heterocycles. The first-order valence-electron chi connectivity index (χ1n) is 8.06. The van der Waals surface area contributed by atoms with Gasteiger partial charge >= 0.3 is 0 Å². The number of rotatable bonds is 8. The van der Waals surface area contributed by atoms with Crippen molar-refractivity contribution < 1.29 is 0 Å². The van der Waals surface area contributed by atoms with E-state index in [1.165, 1.54) is 45.2 Å². The van der Waals surface area contributed by atoms with Gasteiger partial charge in [-0.3, -0.25) is 4.90 Å². The molecule has 0 amide bonds. The Labute approximate surface area is 115 Å². The van der Waals surface area contributed by atoms with Gasteiger partial charge in [-0.25, -0.2) is 0 Å². The van der Waals surface area contributed by atoms with Gasteiger partial charge in [0, 0.05) is 11.6 Å². The van der Waals surface area contributed by atoms with Crippen LogP contribution < -0.4 is 5.32 Å². The topological polar surface area (TPSA) is 15.3 Å². The minimum absolute atomic E-state index is 0.294. The number of nitrogens with zero attached hydrogens (tertiary/aromatic N) is 1. The van der Waals surface area contributed by atoms with E-state index in [0.29, 0.717) is 11.6 Å². The highest BCUT2D eigenvalue weighted by molar-refractivity contribution is 4.98. The van der Waals surface area contributed by atoms with Crippen molar-refractivity contribution in [1.82, 2.24) is 10.2 Å². The lowest BCUT2D eigenvalue weighted by molar-refractivity contribution is 0.0743. The van der Waals surface area contributed by atoms with Crippen molar-refractivity contribution in [1.29, 1.82) is 0 Å². The molecule has 1 unspecified atom stereocenters. The van der Waals surface area contributed by atoms with Crippen molar-refractivity contribution >= 4 is 0 Å². The summed E-state index contributed by atoms with van der Waals surface area (Å²) in [5.41, 5.74) is 0.294. The van der Waals surface area contributed by atoms with E-state index < -0.39 is 0 Å². The third-order valence-electron chi connectivity index (χ3n) is 4.82. The van der Waals surface area contributed by atoms with Crippen molar-refractivity contribution in [2.75, 3.05) is 19.6 Å². The largest absolute Gasteiger partial charge is 0.312 e. The second-order valence-corrected chi connectivity index (χ2v) is 6.36. The lowest BCUT2D eigenvalue weighted by atomic mass is 9.80. The summed E-state index contributed by atoms with van der Waals surface area (Å²) in [5, 5.41) is 3.85. The zero-order chi connectivity index (χ0) is 13.6. The molecule has 18 heavy (non-hydrogen) atoms. The lowest BCUT2D eigenvalue weighted by Gasteiger charge is -2.46. The third-order valence-corrected chi connectivity index (χ3v) is 4.82. The molecule has 0 radical (unpaired) electrons. The highest BCUT2D eigenvalue weighted by Crippen LogP contribution is 2.30. The fourth-order valence-electron chi connectivity index (χ4n) is 3.54. The second kappa shape index (κ2) is 7.49. The van der Waals surface area contributed by atoms with Crippen LogP contribution in [0.4, 0.5) is 0 Å². The molecule has 0 spiro atoms. The smallest absolute Gasteiger partial charge is 0.0308 e. The molecule has 0 bridgehead atoms. The van der Waals surface area contributed by atoms with Gasteiger partial charge in [-0.15, -0.1) is 0 Å². The molecule has 2 heteroatoms. The van der Waals surface area contributed by atoms with Gasteiger partial charge in [-0.1, -0.05) is 33.6 Å². The van der Waals surface area contributed by atoms with Crippen LogP contribution in [0.15, 0.2) is 0 Å². The molecule has 1 aliphatic rings. The molecule has 108 valence electrons. The van der Waals surface area contributed by atoms with E-state index in [2.05, 4.69) is 44.8 Å². The molecular formula is C16H34N2. The summed E-state index contributed by atoms with van der Waals surface area (Å²) in [6.45, 7) is 15.6. The van der Waals surface area contributed by atoms with Crippen molar-refractivity contribution in [2.45, 2.75) is 78.3 Å². The Kier molecular flexibility index (Phi) is 6.65. The van der Waals surface area contributed by atoms with Crippen LogP contribution in [-0.2, 0) is 0 Å². The Balaban J connectivity index is 2.77. The Bertz CT molecular complexity index is 215. The van der Waals surface area contributed by atoms with Crippen LogP contribution in [-0.4, -0.2) is 36.1 Å². The molecule has 1 atom stereocenters. The summed E-state index contributed by atoms with van der Waals surface area (Å²) in [7, 11) is 0. The first-order chi connectivity index (χ1) is 8.57. The predicted molar refractivity (Wildman–Crippen MR) is 81.0 cm³/mol. The van der Waals surface area contributed by atoms with Crippen molar-refractivity contribution in [3.8, 4) is 0 Å². The molecular weight excluding hydrogens is 220 g/mol. The molecule has 1 rings (SSSR count). The number of likely N-dealkylation sites (tertiary alicyclic amines) is 1. The molecule has 1 N–H and O–H groups in total. The average Bonchev–Trinajstić information content (AvgIpc) is 2.88. The van der Waals surface area contributed by atoms with Gasteiger partial charge < -0.3 is 5.32 Å². The zero-order valence-corrected chi connectivity index (χ0v) is 13.3. The molecule has 1 fully saturated rings. The quantitative estimate of drug-likeness (QED) is 0.711. The Morgan fingerprint density at radius 3 is 2.06 bits per heavy atom. The molecule has 0 aliphatic carbocycles. The Hall–Kier alpha value is -0.0800. The van der Waals surface area contributed by atoms with E-state index in [4.69, 9.17) is 0 Å². The normalized spacial score (nSPS) is 19.7. The predicted octanol–water partition coefficient (Wildman–Crippen LogP) is 3.67. The summed E-state index contributed by atoms with van der Waals surface area (Å²) >= 11 is 0. The standard InChI is InChI=1S/C16H34N2/c1-6-11-17-15(14(7-2)8-3)16(4,5)18-12-9-10-13-18/h14-15,17H,6-13H2,1-5H3. The second-order valence-electron chi connectivity index (χ2n) is 6.36. The summed E-state index contributed by atoms with van der Waals surface area (Å²) in [6, 6.07) is 0.630. The molecule has 1 heterocycles. The number of hydrogen-bond acceptors (Lipinski definition) is 2. The van der Waals surface area contributed by atoms with Crippen LogP contribution >= 0.6 is 0 Å². The minimum Gasteiger partial charge on any atom is -0.312 e. The molecule has 0 saturated carbocycles. The fraction of sp³-hybridized carbons (Fsp3) is 1.00. The van der Waals surface area contributed by atoms with E-state index >= 15 is 0 Å². The van der Waals surface area contributed by atoms with Crippen molar-refractivity contribution in [2.24, 2.45) is 5.92 Å². The van der Waals surface area contributed by atoms with Gasteiger partial charge in [0.25, 0.3) is 0 Å². The molecule has 1 aliphatic heterocycles. The fourth-order valence-corrected chi connectivity index (χ4v) is 3.54. The third kappa shape index (κ3) is 3.71. The zero-order valence-electron chi connectivity index (χ0n) is 13.3. The van der Waals surface area contributed by atoms with Crippen LogP contribution in [0.25, 0.3) is 0 Å². The Morgan fingerprint density at radius 1 is 1.06 bits per heavy atom. The summed E-state index contributed by atoms with van der Waals surface area (Å²) < 4.78 is 0. The minimum atomic E-state index is 0.294. The van der Waals surface area contributed by atoms with E-state index in [1.54, 1.807) is 0 Å². The first-order valence-corrected chi connectivity index (χ1v) is 8.06. The maximum atomic E-state index is 3.85. The van der Waals surface area contributed by atoms with E-state index in [0.717, 1.165) is 12.5 Å². The number of hydrogen-bond donors (Lipinski definition) is 1. The van der Waals surface area contributed by atoms with Gasteiger partial charge in [-0.2, -0.15) is 0 Å². The maximum Gasteiger partial charge on any atom is 0.0308 e. The number of nitrogens with one attached hydrogen (secondary N) is 1. The molecule has 0 aromatic carbocycles. The van der Waals surface area contributed by atoms with Gasteiger partial charge in [0.1, 0.15) is 0 Å². The summed E-state index contributed by atoms with van der Waals surface area (Å²) in [6.07, 6.45) is 6.57. The van der Waals surface area contributed by atoms with E-state index in [9.17, 15) is 0 Å². The average molecular weight is 254 g/mol. The van der Waals surface area contributed by atoms with Crippen LogP contribution in [0, 0.1) is 5.92 Å². The van der Waals surface area contributed by atoms with Crippen LogP contribution in [0.5, 0.6) is 0 Å². The molecule has 0 aromatic rings. The van der Waals surface area contributed by atoms with E-state index in [1.807, 2.05) is 0 Å². The van der Waals surface area contributed by atoms with Crippen LogP contribution in [0.1, 0.15) is 66.7 Å². The van der Waals surface area contributed by atoms with Crippen LogP contribution in [0.3, 0.4) is 0 Å². The van der Waals surface area contributed by atoms with Crippen LogP contribution in [0.2, 0.25) is 0 Å². The molecule has 0 aromatic heterocycles. The SMILES string of the molecule is CCCNC(C(CC)CC)C(C)(C)N1CCCC1. The summed E-state index contributed by atoms with van der Waals surface area (Å²) in [5.74, 6) is 0.798. The van der Waals surface area contributed by atoms with Gasteiger partial charge in [0.05, 0.1) is 0 Å². The Morgan fingerprint density at radius 2 is 1.61 bits per heavy atom. The lowest BCUT2D eigenvalue weighted by Crippen LogP contribution is -2.59. The molecule has 2 nitrogen and oxygen atoms in total.